The Labute approximate surface area is 122 Å². The molecule has 6 heteroatoms. The van der Waals surface area contributed by atoms with Crippen LogP contribution in [0.1, 0.15) is 27.8 Å². The molecule has 1 aliphatic heterocycles. The van der Waals surface area contributed by atoms with E-state index in [0.717, 1.165) is 18.5 Å². The third-order valence-corrected chi connectivity index (χ3v) is 3.73. The molecule has 0 bridgehead atoms. The Morgan fingerprint density at radius 2 is 2.38 bits per heavy atom. The summed E-state index contributed by atoms with van der Waals surface area (Å²) in [4.78, 5) is 13.9. The topological polar surface area (TPSA) is 78.6 Å². The maximum atomic E-state index is 11.7. The molecule has 2 aromatic rings. The summed E-state index contributed by atoms with van der Waals surface area (Å²) >= 11 is 0. The Morgan fingerprint density at radius 1 is 1.52 bits per heavy atom. The minimum absolute atomic E-state index is 0.133. The number of aromatic nitrogens is 1. The van der Waals surface area contributed by atoms with Gasteiger partial charge in [0.15, 0.2) is 0 Å². The van der Waals surface area contributed by atoms with Gasteiger partial charge in [-0.25, -0.2) is 0 Å². The highest BCUT2D eigenvalue weighted by Gasteiger charge is 2.18. The standard InChI is InChI=1S/C15H17N3O3/c1-18-7-5-10-8-11(2-3-12(10)18)13(19)9-16-15(20)14-4-6-17-21-14/h2-4,6,8,13,19H,5,7,9H2,1H3,(H,16,20). The van der Waals surface area contributed by atoms with E-state index in [1.807, 2.05) is 18.2 Å². The predicted octanol–water partition coefficient (Wildman–Crippen LogP) is 1.13. The highest BCUT2D eigenvalue weighted by atomic mass is 16.5. The summed E-state index contributed by atoms with van der Waals surface area (Å²) in [5.74, 6) is -0.245. The zero-order valence-corrected chi connectivity index (χ0v) is 11.7. The number of aliphatic hydroxyl groups is 1. The monoisotopic (exact) mass is 287 g/mol. The second-order valence-corrected chi connectivity index (χ2v) is 5.16. The van der Waals surface area contributed by atoms with Gasteiger partial charge >= 0.3 is 0 Å². The molecule has 1 amide bonds. The summed E-state index contributed by atoms with van der Waals surface area (Å²) in [6, 6.07) is 7.39. The third kappa shape index (κ3) is 2.75. The maximum Gasteiger partial charge on any atom is 0.289 e. The summed E-state index contributed by atoms with van der Waals surface area (Å²) in [5, 5.41) is 16.3. The van der Waals surface area contributed by atoms with Crippen molar-refractivity contribution in [2.45, 2.75) is 12.5 Å². The van der Waals surface area contributed by atoms with E-state index >= 15 is 0 Å². The lowest BCUT2D eigenvalue weighted by atomic mass is 10.0. The van der Waals surface area contributed by atoms with Crippen LogP contribution in [0.15, 0.2) is 35.0 Å². The molecular weight excluding hydrogens is 270 g/mol. The molecule has 2 heterocycles. The van der Waals surface area contributed by atoms with Crippen molar-refractivity contribution < 1.29 is 14.4 Å². The van der Waals surface area contributed by atoms with Crippen LogP contribution in [0, 0.1) is 0 Å². The van der Waals surface area contributed by atoms with Crippen molar-refractivity contribution in [3.05, 3.63) is 47.3 Å². The summed E-state index contributed by atoms with van der Waals surface area (Å²) in [7, 11) is 2.06. The molecule has 1 atom stereocenters. The van der Waals surface area contributed by atoms with E-state index in [1.54, 1.807) is 0 Å². The molecular formula is C15H17N3O3. The Hall–Kier alpha value is -2.34. The first-order chi connectivity index (χ1) is 10.1. The van der Waals surface area contributed by atoms with Crippen LogP contribution in [0.25, 0.3) is 0 Å². The van der Waals surface area contributed by atoms with Gasteiger partial charge in [-0.2, -0.15) is 0 Å². The number of nitrogens with one attached hydrogen (secondary N) is 1. The second kappa shape index (κ2) is 5.57. The lowest BCUT2D eigenvalue weighted by Crippen LogP contribution is -2.28. The fraction of sp³-hybridized carbons (Fsp3) is 0.333. The molecule has 1 aromatic carbocycles. The lowest BCUT2D eigenvalue weighted by molar-refractivity contribution is 0.0880. The summed E-state index contributed by atoms with van der Waals surface area (Å²) < 4.78 is 4.76. The first-order valence-electron chi connectivity index (χ1n) is 6.86. The molecule has 1 unspecified atom stereocenters. The number of fused-ring (bicyclic) bond motifs is 1. The molecule has 2 N–H and O–H groups in total. The van der Waals surface area contributed by atoms with Crippen LogP contribution in [0.4, 0.5) is 5.69 Å². The molecule has 0 spiro atoms. The minimum atomic E-state index is -0.743. The quantitative estimate of drug-likeness (QED) is 0.881. The molecule has 3 rings (SSSR count). The van der Waals surface area contributed by atoms with Crippen molar-refractivity contribution in [3.63, 3.8) is 0 Å². The molecule has 1 aliphatic rings. The van der Waals surface area contributed by atoms with E-state index in [2.05, 4.69) is 22.4 Å². The number of nitrogens with zero attached hydrogens (tertiary/aromatic N) is 2. The highest BCUT2D eigenvalue weighted by molar-refractivity contribution is 5.91. The molecule has 1 aromatic heterocycles. The number of carbonyl (C=O) groups excluding carboxylic acids is 1. The van der Waals surface area contributed by atoms with Crippen molar-refractivity contribution in [1.82, 2.24) is 10.5 Å². The highest BCUT2D eigenvalue weighted by Crippen LogP contribution is 2.29. The van der Waals surface area contributed by atoms with Crippen LogP contribution >= 0.6 is 0 Å². The van der Waals surface area contributed by atoms with Crippen molar-refractivity contribution in [2.75, 3.05) is 25.0 Å². The molecule has 0 aliphatic carbocycles. The second-order valence-electron chi connectivity index (χ2n) is 5.16. The van der Waals surface area contributed by atoms with Crippen molar-refractivity contribution in [1.29, 1.82) is 0 Å². The molecule has 110 valence electrons. The average molecular weight is 287 g/mol. The molecule has 0 saturated heterocycles. The SMILES string of the molecule is CN1CCc2cc(C(O)CNC(=O)c3ccno3)ccc21. The summed E-state index contributed by atoms with van der Waals surface area (Å²) in [6.07, 6.45) is 1.65. The number of anilines is 1. The van der Waals surface area contributed by atoms with Gasteiger partial charge in [0.25, 0.3) is 5.91 Å². The Kier molecular flexibility index (Phi) is 3.62. The molecule has 21 heavy (non-hydrogen) atoms. The van der Waals surface area contributed by atoms with E-state index in [1.165, 1.54) is 23.5 Å². The van der Waals surface area contributed by atoms with Gasteiger partial charge in [0.1, 0.15) is 0 Å². The predicted molar refractivity (Wildman–Crippen MR) is 77.2 cm³/mol. The number of benzene rings is 1. The van der Waals surface area contributed by atoms with Crippen molar-refractivity contribution >= 4 is 11.6 Å². The van der Waals surface area contributed by atoms with E-state index in [4.69, 9.17) is 4.52 Å². The van der Waals surface area contributed by atoms with E-state index in [-0.39, 0.29) is 18.2 Å². The Bertz CT molecular complexity index is 640. The Morgan fingerprint density at radius 3 is 3.14 bits per heavy atom. The maximum absolute atomic E-state index is 11.7. The number of amides is 1. The van der Waals surface area contributed by atoms with Gasteiger partial charge in [-0.05, 0) is 23.6 Å². The molecule has 0 radical (unpaired) electrons. The number of rotatable bonds is 4. The average Bonchev–Trinajstić information content (AvgIpc) is 3.14. The minimum Gasteiger partial charge on any atom is -0.387 e. The van der Waals surface area contributed by atoms with Crippen LogP contribution in [0.2, 0.25) is 0 Å². The zero-order valence-electron chi connectivity index (χ0n) is 11.7. The number of carbonyl (C=O) groups is 1. The van der Waals surface area contributed by atoms with Crippen LogP contribution in [-0.2, 0) is 6.42 Å². The molecule has 0 saturated carbocycles. The van der Waals surface area contributed by atoms with Gasteiger partial charge in [-0.3, -0.25) is 4.79 Å². The van der Waals surface area contributed by atoms with E-state index < -0.39 is 6.10 Å². The number of hydrogen-bond acceptors (Lipinski definition) is 5. The third-order valence-electron chi connectivity index (χ3n) is 3.73. The van der Waals surface area contributed by atoms with E-state index in [0.29, 0.717) is 0 Å². The van der Waals surface area contributed by atoms with Gasteiger partial charge in [0.05, 0.1) is 12.3 Å². The fourth-order valence-electron chi connectivity index (χ4n) is 2.52. The summed E-state index contributed by atoms with van der Waals surface area (Å²) in [5.41, 5.74) is 3.24. The van der Waals surface area contributed by atoms with Crippen LogP contribution in [0.5, 0.6) is 0 Å². The van der Waals surface area contributed by atoms with Crippen molar-refractivity contribution in [2.24, 2.45) is 0 Å². The lowest BCUT2D eigenvalue weighted by Gasteiger charge is -2.15. The van der Waals surface area contributed by atoms with Gasteiger partial charge in [-0.15, -0.1) is 0 Å². The van der Waals surface area contributed by atoms with Crippen LogP contribution in [-0.4, -0.2) is 36.3 Å². The first kappa shape index (κ1) is 13.6. The largest absolute Gasteiger partial charge is 0.387 e. The zero-order chi connectivity index (χ0) is 14.8. The molecule has 0 fully saturated rings. The van der Waals surface area contributed by atoms with Crippen molar-refractivity contribution in [3.8, 4) is 0 Å². The van der Waals surface area contributed by atoms with Gasteiger partial charge < -0.3 is 19.8 Å². The summed E-state index contributed by atoms with van der Waals surface area (Å²) in [6.45, 7) is 1.13. The normalized spacial score (nSPS) is 14.9. The van der Waals surface area contributed by atoms with Crippen LogP contribution < -0.4 is 10.2 Å². The van der Waals surface area contributed by atoms with Gasteiger partial charge in [0.2, 0.25) is 5.76 Å². The first-order valence-corrected chi connectivity index (χ1v) is 6.86. The number of likely N-dealkylation sites (N-methyl/N-ethyl adjacent to an activating group) is 1. The van der Waals surface area contributed by atoms with Crippen LogP contribution in [0.3, 0.4) is 0 Å². The fourth-order valence-corrected chi connectivity index (χ4v) is 2.52. The Balaban J connectivity index is 1.63. The number of hydrogen-bond donors (Lipinski definition) is 2. The number of aliphatic hydroxyl groups excluding tert-OH is 1. The smallest absolute Gasteiger partial charge is 0.289 e. The van der Waals surface area contributed by atoms with Gasteiger partial charge in [0, 0.05) is 31.9 Å². The molecule has 6 nitrogen and oxygen atoms in total. The van der Waals surface area contributed by atoms with E-state index in [9.17, 15) is 9.90 Å². The van der Waals surface area contributed by atoms with Gasteiger partial charge in [-0.1, -0.05) is 17.3 Å².